The first-order valence-corrected chi connectivity index (χ1v) is 7.54. The molecule has 0 aromatic carbocycles. The van der Waals surface area contributed by atoms with Gasteiger partial charge in [-0.3, -0.25) is 4.98 Å². The van der Waals surface area contributed by atoms with Crippen molar-refractivity contribution in [1.29, 1.82) is 0 Å². The second-order valence-electron chi connectivity index (χ2n) is 6.38. The fourth-order valence-corrected chi connectivity index (χ4v) is 3.05. The summed E-state index contributed by atoms with van der Waals surface area (Å²) in [4.78, 5) is 9.31. The quantitative estimate of drug-likeness (QED) is 0.838. The van der Waals surface area contributed by atoms with Gasteiger partial charge in [0.25, 0.3) is 0 Å². The van der Waals surface area contributed by atoms with E-state index in [1.165, 1.54) is 11.3 Å². The third-order valence-corrected chi connectivity index (χ3v) is 4.17. The Hall–Kier alpha value is -1.51. The zero-order valence-electron chi connectivity index (χ0n) is 13.4. The van der Waals surface area contributed by atoms with Crippen LogP contribution in [-0.4, -0.2) is 35.1 Å². The molecule has 0 bridgehead atoms. The van der Waals surface area contributed by atoms with Gasteiger partial charge in [-0.15, -0.1) is 0 Å². The predicted molar refractivity (Wildman–Crippen MR) is 86.1 cm³/mol. The van der Waals surface area contributed by atoms with Crippen LogP contribution in [-0.2, 0) is 0 Å². The van der Waals surface area contributed by atoms with Crippen molar-refractivity contribution in [3.05, 3.63) is 36.3 Å². The Bertz CT molecular complexity index is 469. The molecular formula is C17H27N3. The lowest BCUT2D eigenvalue weighted by Crippen LogP contribution is -2.56. The van der Waals surface area contributed by atoms with E-state index in [0.717, 1.165) is 18.8 Å². The minimum absolute atomic E-state index is 0.472. The number of pyridine rings is 1. The summed E-state index contributed by atoms with van der Waals surface area (Å²) in [5, 5.41) is 0. The molecule has 2 atom stereocenters. The van der Waals surface area contributed by atoms with Crippen LogP contribution in [0.5, 0.6) is 0 Å². The van der Waals surface area contributed by atoms with Crippen LogP contribution in [0.2, 0.25) is 0 Å². The topological polar surface area (TPSA) is 19.4 Å². The average molecular weight is 273 g/mol. The molecule has 0 radical (unpaired) electrons. The molecular weight excluding hydrogens is 246 g/mol. The Balaban J connectivity index is 2.24. The van der Waals surface area contributed by atoms with Crippen molar-refractivity contribution in [1.82, 2.24) is 9.88 Å². The van der Waals surface area contributed by atoms with E-state index in [-0.39, 0.29) is 0 Å². The van der Waals surface area contributed by atoms with E-state index in [0.29, 0.717) is 18.0 Å². The number of hydrogen-bond acceptors (Lipinski definition) is 3. The highest BCUT2D eigenvalue weighted by atomic mass is 15.3. The number of hydrogen-bond donors (Lipinski definition) is 0. The summed E-state index contributed by atoms with van der Waals surface area (Å²) in [6.07, 6.45) is 3.98. The van der Waals surface area contributed by atoms with Crippen molar-refractivity contribution in [2.45, 2.75) is 52.6 Å². The largest absolute Gasteiger partial charge is 0.371 e. The Kier molecular flexibility index (Phi) is 4.36. The van der Waals surface area contributed by atoms with Gasteiger partial charge >= 0.3 is 0 Å². The zero-order chi connectivity index (χ0) is 14.9. The highest BCUT2D eigenvalue weighted by Crippen LogP contribution is 2.27. The van der Waals surface area contributed by atoms with Gasteiger partial charge in [0.05, 0.1) is 11.9 Å². The number of rotatable bonds is 3. The Labute approximate surface area is 123 Å². The van der Waals surface area contributed by atoms with E-state index in [4.69, 9.17) is 0 Å². The lowest BCUT2D eigenvalue weighted by Gasteiger charge is -2.46. The number of anilines is 1. The molecule has 2 heterocycles. The molecule has 1 aliphatic rings. The van der Waals surface area contributed by atoms with E-state index in [9.17, 15) is 0 Å². The maximum absolute atomic E-state index is 4.43. The Morgan fingerprint density at radius 2 is 1.85 bits per heavy atom. The minimum Gasteiger partial charge on any atom is -0.371 e. The maximum Gasteiger partial charge on any atom is 0.0561 e. The van der Waals surface area contributed by atoms with Crippen LogP contribution in [0, 0.1) is 0 Å². The molecule has 0 aliphatic carbocycles. The minimum atomic E-state index is 0.472. The van der Waals surface area contributed by atoms with Gasteiger partial charge in [0.1, 0.15) is 0 Å². The van der Waals surface area contributed by atoms with E-state index in [1.807, 2.05) is 12.4 Å². The second-order valence-corrected chi connectivity index (χ2v) is 6.38. The highest BCUT2D eigenvalue weighted by Gasteiger charge is 2.29. The monoisotopic (exact) mass is 273 g/mol. The molecule has 0 N–H and O–H groups in total. The molecule has 1 saturated heterocycles. The van der Waals surface area contributed by atoms with Gasteiger partial charge in [-0.2, -0.15) is 0 Å². The fraction of sp³-hybridized carbons (Fsp3) is 0.588. The van der Waals surface area contributed by atoms with Gasteiger partial charge in [0.15, 0.2) is 0 Å². The normalized spacial score (nSPS) is 23.3. The number of allylic oxidation sites excluding steroid dienone is 1. The Morgan fingerprint density at radius 1 is 1.25 bits per heavy atom. The molecule has 3 heteroatoms. The fourth-order valence-electron chi connectivity index (χ4n) is 3.05. The van der Waals surface area contributed by atoms with E-state index in [2.05, 4.69) is 62.0 Å². The first-order valence-electron chi connectivity index (χ1n) is 7.54. The molecule has 0 amide bonds. The highest BCUT2D eigenvalue weighted by molar-refractivity contribution is 5.49. The first-order chi connectivity index (χ1) is 9.40. The maximum atomic E-state index is 4.43. The van der Waals surface area contributed by atoms with Crippen molar-refractivity contribution in [3.8, 4) is 0 Å². The molecule has 0 saturated carbocycles. The van der Waals surface area contributed by atoms with Crippen LogP contribution in [0.1, 0.15) is 46.1 Å². The molecule has 1 aliphatic heterocycles. The summed E-state index contributed by atoms with van der Waals surface area (Å²) >= 11 is 0. The molecule has 1 aromatic rings. The molecule has 0 unspecified atom stereocenters. The van der Waals surface area contributed by atoms with Crippen LogP contribution in [0.4, 0.5) is 5.69 Å². The van der Waals surface area contributed by atoms with Crippen molar-refractivity contribution in [2.75, 3.05) is 18.0 Å². The summed E-state index contributed by atoms with van der Waals surface area (Å²) in [7, 11) is 0. The molecule has 1 aromatic heterocycles. The lowest BCUT2D eigenvalue weighted by molar-refractivity contribution is 0.249. The van der Waals surface area contributed by atoms with Crippen molar-refractivity contribution in [3.63, 3.8) is 0 Å². The smallest absolute Gasteiger partial charge is 0.0561 e. The van der Waals surface area contributed by atoms with Crippen LogP contribution in [0.15, 0.2) is 30.7 Å². The van der Waals surface area contributed by atoms with Crippen molar-refractivity contribution >= 4 is 5.69 Å². The Morgan fingerprint density at radius 3 is 2.35 bits per heavy atom. The predicted octanol–water partition coefficient (Wildman–Crippen LogP) is 3.64. The summed E-state index contributed by atoms with van der Waals surface area (Å²) in [6, 6.07) is 3.24. The van der Waals surface area contributed by atoms with Gasteiger partial charge in [-0.25, -0.2) is 0 Å². The summed E-state index contributed by atoms with van der Waals surface area (Å²) < 4.78 is 0. The average Bonchev–Trinajstić information content (AvgIpc) is 2.38. The molecule has 3 nitrogen and oxygen atoms in total. The van der Waals surface area contributed by atoms with Gasteiger partial charge in [0.2, 0.25) is 0 Å². The third kappa shape index (κ3) is 2.97. The molecule has 2 rings (SSSR count). The van der Waals surface area contributed by atoms with Crippen LogP contribution in [0.25, 0.3) is 0 Å². The molecule has 1 fully saturated rings. The molecule has 110 valence electrons. The molecule has 0 spiro atoms. The van der Waals surface area contributed by atoms with Crippen LogP contribution in [0.3, 0.4) is 0 Å². The molecule has 20 heavy (non-hydrogen) atoms. The lowest BCUT2D eigenvalue weighted by atomic mass is 10.0. The first kappa shape index (κ1) is 14.9. The van der Waals surface area contributed by atoms with Crippen LogP contribution >= 0.6 is 0 Å². The van der Waals surface area contributed by atoms with Crippen molar-refractivity contribution in [2.24, 2.45) is 0 Å². The van der Waals surface area contributed by atoms with Gasteiger partial charge in [-0.1, -0.05) is 20.4 Å². The second kappa shape index (κ2) is 5.86. The van der Waals surface area contributed by atoms with Gasteiger partial charge < -0.3 is 9.80 Å². The van der Waals surface area contributed by atoms with E-state index in [1.54, 1.807) is 0 Å². The number of piperazine rings is 1. The standard InChI is InChI=1S/C17H27N3/c1-12(2)16-7-17(9-18-8-16)20-14(5)10-19(13(3)4)11-15(20)6/h7-9,12,14-15H,3,10-11H2,1-2,4-6H3/t14-,15+. The van der Waals surface area contributed by atoms with E-state index >= 15 is 0 Å². The SMILES string of the molecule is C=C(C)N1C[C@@H](C)N(c2cncc(C(C)C)c2)[C@@H](C)C1. The van der Waals surface area contributed by atoms with Crippen LogP contribution < -0.4 is 4.90 Å². The summed E-state index contributed by atoms with van der Waals surface area (Å²) in [5.41, 5.74) is 3.72. The summed E-state index contributed by atoms with van der Waals surface area (Å²) in [5.74, 6) is 0.518. The number of nitrogens with zero attached hydrogens (tertiary/aromatic N) is 3. The van der Waals surface area contributed by atoms with Gasteiger partial charge in [0, 0.05) is 37.1 Å². The van der Waals surface area contributed by atoms with Gasteiger partial charge in [-0.05, 0) is 38.3 Å². The zero-order valence-corrected chi connectivity index (χ0v) is 13.4. The van der Waals surface area contributed by atoms with E-state index < -0.39 is 0 Å². The third-order valence-electron chi connectivity index (χ3n) is 4.17. The number of aromatic nitrogens is 1. The summed E-state index contributed by atoms with van der Waals surface area (Å²) in [6.45, 7) is 17.2. The van der Waals surface area contributed by atoms with Crippen molar-refractivity contribution < 1.29 is 0 Å².